The summed E-state index contributed by atoms with van der Waals surface area (Å²) in [6, 6.07) is 3.90. The normalized spacial score (nSPS) is 17.2. The zero-order chi connectivity index (χ0) is 26.4. The van der Waals surface area contributed by atoms with Crippen LogP contribution in [-0.4, -0.2) is 60.6 Å². The standard InChI is InChI=1S/C25H30N6O6/c32-20-12-11-19(23(35)27-20)31-24(36)17-8-7-9-18(22(17)25(31)37)26-14-16-15-30(29-28-16)13-6-4-2-1-3-5-10-21(33)34/h7-9,15,19,26H,1-6,10-14H2,(H,33,34)(H,27,32,35). The number of hydrogen-bond donors (Lipinski definition) is 3. The van der Waals surface area contributed by atoms with Crippen molar-refractivity contribution in [3.05, 3.63) is 41.2 Å². The molecule has 4 rings (SSSR count). The highest BCUT2D eigenvalue weighted by Gasteiger charge is 2.45. The highest BCUT2D eigenvalue weighted by atomic mass is 16.4. The fourth-order valence-electron chi connectivity index (χ4n) is 4.63. The molecule has 3 N–H and O–H groups in total. The second-order valence-corrected chi connectivity index (χ2v) is 9.27. The van der Waals surface area contributed by atoms with E-state index in [1.54, 1.807) is 22.9 Å². The van der Waals surface area contributed by atoms with Gasteiger partial charge in [-0.3, -0.25) is 38.9 Å². The summed E-state index contributed by atoms with van der Waals surface area (Å²) in [6.45, 7) is 1.01. The SMILES string of the molecule is O=C(O)CCCCCCCCn1cc(CNc2cccc3c2C(=O)N(C2CCC(=O)NC2=O)C3=O)nn1. The van der Waals surface area contributed by atoms with Gasteiger partial charge in [0.1, 0.15) is 11.7 Å². The molecule has 3 heterocycles. The number of hydrogen-bond acceptors (Lipinski definition) is 8. The van der Waals surface area contributed by atoms with Gasteiger partial charge >= 0.3 is 5.97 Å². The molecular formula is C25H30N6O6. The summed E-state index contributed by atoms with van der Waals surface area (Å²) in [4.78, 5) is 61.3. The zero-order valence-electron chi connectivity index (χ0n) is 20.4. The molecule has 196 valence electrons. The molecule has 4 amide bonds. The van der Waals surface area contributed by atoms with Gasteiger partial charge in [0, 0.05) is 25.1 Å². The Bertz CT molecular complexity index is 1210. The Kier molecular flexibility index (Phi) is 8.26. The third-order valence-electron chi connectivity index (χ3n) is 6.54. The highest BCUT2D eigenvalue weighted by molar-refractivity contribution is 6.25. The van der Waals surface area contributed by atoms with E-state index in [9.17, 15) is 24.0 Å². The molecule has 1 fully saturated rings. The molecule has 1 saturated heterocycles. The van der Waals surface area contributed by atoms with Crippen molar-refractivity contribution in [2.75, 3.05) is 5.32 Å². The van der Waals surface area contributed by atoms with Gasteiger partial charge in [-0.25, -0.2) is 0 Å². The number of aliphatic carboxylic acids is 1. The Balaban J connectivity index is 1.28. The van der Waals surface area contributed by atoms with E-state index in [0.717, 1.165) is 43.5 Å². The molecule has 1 unspecified atom stereocenters. The molecule has 0 bridgehead atoms. The van der Waals surface area contributed by atoms with Gasteiger partial charge in [-0.05, 0) is 31.4 Å². The number of nitrogens with one attached hydrogen (secondary N) is 2. The minimum atomic E-state index is -1.01. The number of carboxylic acids is 1. The van der Waals surface area contributed by atoms with Gasteiger partial charge in [-0.15, -0.1) is 5.10 Å². The highest BCUT2D eigenvalue weighted by Crippen LogP contribution is 2.32. The predicted octanol–water partition coefficient (Wildman–Crippen LogP) is 2.11. The molecule has 1 aromatic carbocycles. The summed E-state index contributed by atoms with van der Waals surface area (Å²) in [5.74, 6) is -2.92. The first-order chi connectivity index (χ1) is 17.8. The molecule has 2 aliphatic rings. The maximum absolute atomic E-state index is 13.2. The first kappa shape index (κ1) is 26.0. The number of anilines is 1. The second kappa shape index (κ2) is 11.8. The second-order valence-electron chi connectivity index (χ2n) is 9.27. The van der Waals surface area contributed by atoms with Crippen molar-refractivity contribution in [2.45, 2.75) is 76.9 Å². The first-order valence-electron chi connectivity index (χ1n) is 12.5. The van der Waals surface area contributed by atoms with E-state index < -0.39 is 35.6 Å². The Morgan fingerprint density at radius 3 is 2.57 bits per heavy atom. The average molecular weight is 511 g/mol. The van der Waals surface area contributed by atoms with Crippen molar-refractivity contribution in [2.24, 2.45) is 0 Å². The van der Waals surface area contributed by atoms with E-state index in [-0.39, 0.29) is 30.4 Å². The predicted molar refractivity (Wildman–Crippen MR) is 130 cm³/mol. The van der Waals surface area contributed by atoms with Crippen molar-refractivity contribution in [3.63, 3.8) is 0 Å². The minimum Gasteiger partial charge on any atom is -0.481 e. The van der Waals surface area contributed by atoms with Crippen LogP contribution in [0.2, 0.25) is 0 Å². The van der Waals surface area contributed by atoms with Crippen LogP contribution in [0.1, 0.15) is 84.2 Å². The number of carbonyl (C=O) groups is 5. The number of imide groups is 2. The van der Waals surface area contributed by atoms with Crippen molar-refractivity contribution in [1.82, 2.24) is 25.2 Å². The molecule has 0 radical (unpaired) electrons. The smallest absolute Gasteiger partial charge is 0.303 e. The quantitative estimate of drug-likeness (QED) is 0.270. The number of piperidine rings is 1. The van der Waals surface area contributed by atoms with E-state index in [1.165, 1.54) is 0 Å². The molecular weight excluding hydrogens is 480 g/mol. The number of nitrogens with zero attached hydrogens (tertiary/aromatic N) is 4. The first-order valence-corrected chi connectivity index (χ1v) is 12.5. The molecule has 0 spiro atoms. The van der Waals surface area contributed by atoms with Crippen LogP contribution in [-0.2, 0) is 27.5 Å². The van der Waals surface area contributed by atoms with Crippen LogP contribution in [0, 0.1) is 0 Å². The van der Waals surface area contributed by atoms with Crippen LogP contribution in [0.25, 0.3) is 0 Å². The molecule has 12 heteroatoms. The van der Waals surface area contributed by atoms with E-state index in [1.807, 2.05) is 6.20 Å². The Morgan fingerprint density at radius 2 is 1.81 bits per heavy atom. The van der Waals surface area contributed by atoms with Gasteiger partial charge in [0.2, 0.25) is 11.8 Å². The van der Waals surface area contributed by atoms with E-state index >= 15 is 0 Å². The Hall–Kier alpha value is -4.09. The molecule has 0 saturated carbocycles. The number of benzene rings is 1. The number of aryl methyl sites for hydroxylation is 1. The number of rotatable bonds is 13. The maximum Gasteiger partial charge on any atom is 0.303 e. The topological polar surface area (TPSA) is 164 Å². The van der Waals surface area contributed by atoms with Gasteiger partial charge in [-0.2, -0.15) is 0 Å². The molecule has 2 aliphatic heterocycles. The number of carbonyl (C=O) groups excluding carboxylic acids is 4. The lowest BCUT2D eigenvalue weighted by molar-refractivity contribution is -0.138. The van der Waals surface area contributed by atoms with Crippen LogP contribution in [0.5, 0.6) is 0 Å². The fraction of sp³-hybridized carbons (Fsp3) is 0.480. The number of fused-ring (bicyclic) bond motifs is 1. The molecule has 2 aromatic rings. The number of aromatic nitrogens is 3. The van der Waals surface area contributed by atoms with Gasteiger partial charge in [-0.1, -0.05) is 37.0 Å². The van der Waals surface area contributed by atoms with Gasteiger partial charge < -0.3 is 10.4 Å². The monoisotopic (exact) mass is 510 g/mol. The average Bonchev–Trinajstić information content (AvgIpc) is 3.42. The van der Waals surface area contributed by atoms with Crippen molar-refractivity contribution in [1.29, 1.82) is 0 Å². The lowest BCUT2D eigenvalue weighted by Crippen LogP contribution is -2.54. The molecule has 12 nitrogen and oxygen atoms in total. The van der Waals surface area contributed by atoms with E-state index in [4.69, 9.17) is 5.11 Å². The van der Waals surface area contributed by atoms with E-state index in [2.05, 4.69) is 20.9 Å². The van der Waals surface area contributed by atoms with Gasteiger partial charge in [0.15, 0.2) is 0 Å². The van der Waals surface area contributed by atoms with Crippen molar-refractivity contribution < 1.29 is 29.1 Å². The molecule has 37 heavy (non-hydrogen) atoms. The summed E-state index contributed by atoms with van der Waals surface area (Å²) in [5, 5.41) is 22.3. The Labute approximate surface area is 213 Å². The number of amides is 4. The number of unbranched alkanes of at least 4 members (excludes halogenated alkanes) is 5. The van der Waals surface area contributed by atoms with Crippen molar-refractivity contribution in [3.8, 4) is 0 Å². The molecule has 1 atom stereocenters. The van der Waals surface area contributed by atoms with Crippen LogP contribution >= 0.6 is 0 Å². The van der Waals surface area contributed by atoms with Crippen LogP contribution in [0.15, 0.2) is 24.4 Å². The maximum atomic E-state index is 13.2. The zero-order valence-corrected chi connectivity index (χ0v) is 20.4. The van der Waals surface area contributed by atoms with Gasteiger partial charge in [0.05, 0.1) is 23.9 Å². The lowest BCUT2D eigenvalue weighted by Gasteiger charge is -2.27. The van der Waals surface area contributed by atoms with E-state index in [0.29, 0.717) is 24.3 Å². The summed E-state index contributed by atoms with van der Waals surface area (Å²) < 4.78 is 1.76. The van der Waals surface area contributed by atoms with Gasteiger partial charge in [0.25, 0.3) is 11.8 Å². The minimum absolute atomic E-state index is 0.0668. The molecule has 1 aromatic heterocycles. The molecule has 0 aliphatic carbocycles. The van der Waals surface area contributed by atoms with Crippen LogP contribution in [0.4, 0.5) is 5.69 Å². The third-order valence-corrected chi connectivity index (χ3v) is 6.54. The summed E-state index contributed by atoms with van der Waals surface area (Å²) >= 11 is 0. The fourth-order valence-corrected chi connectivity index (χ4v) is 4.63. The van der Waals surface area contributed by atoms with Crippen LogP contribution < -0.4 is 10.6 Å². The number of carboxylic acid groups (broad SMARTS) is 1. The largest absolute Gasteiger partial charge is 0.481 e. The third kappa shape index (κ3) is 6.19. The summed E-state index contributed by atoms with van der Waals surface area (Å²) in [5.41, 5.74) is 1.55. The lowest BCUT2D eigenvalue weighted by atomic mass is 10.0. The summed E-state index contributed by atoms with van der Waals surface area (Å²) in [6.07, 6.45) is 7.89. The Morgan fingerprint density at radius 1 is 1.05 bits per heavy atom. The van der Waals surface area contributed by atoms with Crippen LogP contribution in [0.3, 0.4) is 0 Å². The summed E-state index contributed by atoms with van der Waals surface area (Å²) in [7, 11) is 0. The van der Waals surface area contributed by atoms with Crippen molar-refractivity contribution >= 4 is 35.3 Å².